The second-order valence-electron chi connectivity index (χ2n) is 8.76. The molecule has 214 valence electrons. The Morgan fingerprint density at radius 3 is 1.73 bits per heavy atom. The summed E-state index contributed by atoms with van der Waals surface area (Å²) in [6, 6.07) is 23.0. The van der Waals surface area contributed by atoms with Crippen molar-refractivity contribution in [2.45, 2.75) is 38.5 Å². The minimum atomic E-state index is -1.92. The number of carbonyl (C=O) groups is 5. The lowest BCUT2D eigenvalue weighted by molar-refractivity contribution is -0.173. The third-order valence-electron chi connectivity index (χ3n) is 5.56. The van der Waals surface area contributed by atoms with Gasteiger partial charge < -0.3 is 29.6 Å². The molecular formula is C30H30N2O9. The molecule has 11 heteroatoms. The molecule has 2 amide bonds. The van der Waals surface area contributed by atoms with Crippen molar-refractivity contribution in [3.05, 3.63) is 90.5 Å². The zero-order chi connectivity index (χ0) is 29.8. The van der Waals surface area contributed by atoms with Crippen LogP contribution in [0.5, 0.6) is 11.5 Å². The number of benzene rings is 3. The van der Waals surface area contributed by atoms with Crippen molar-refractivity contribution in [1.29, 1.82) is 0 Å². The van der Waals surface area contributed by atoms with Crippen molar-refractivity contribution in [3.8, 4) is 11.5 Å². The molecule has 41 heavy (non-hydrogen) atoms. The summed E-state index contributed by atoms with van der Waals surface area (Å²) in [4.78, 5) is 62.8. The number of ether oxygens (including phenoxy) is 4. The van der Waals surface area contributed by atoms with Crippen LogP contribution < -0.4 is 15.4 Å². The van der Waals surface area contributed by atoms with Gasteiger partial charge in [0.15, 0.2) is 0 Å². The minimum absolute atomic E-state index is 0.0495. The summed E-state index contributed by atoms with van der Waals surface area (Å²) in [7, 11) is 1.15. The van der Waals surface area contributed by atoms with Crippen LogP contribution in [0.3, 0.4) is 0 Å². The Kier molecular flexibility index (Phi) is 11.0. The zero-order valence-corrected chi connectivity index (χ0v) is 22.7. The van der Waals surface area contributed by atoms with Gasteiger partial charge in [-0.15, -0.1) is 0 Å². The van der Waals surface area contributed by atoms with E-state index in [1.54, 1.807) is 54.6 Å². The molecule has 3 rings (SSSR count). The summed E-state index contributed by atoms with van der Waals surface area (Å²) in [5.41, 5.74) is 0.993. The van der Waals surface area contributed by atoms with E-state index >= 15 is 0 Å². The summed E-state index contributed by atoms with van der Waals surface area (Å²) in [6.45, 7) is 2.06. The predicted molar refractivity (Wildman–Crippen MR) is 147 cm³/mol. The van der Waals surface area contributed by atoms with Gasteiger partial charge in [0.05, 0.1) is 7.11 Å². The molecule has 0 bridgehead atoms. The molecule has 0 aliphatic rings. The molecule has 3 aromatic carbocycles. The van der Waals surface area contributed by atoms with Crippen molar-refractivity contribution in [2.24, 2.45) is 0 Å². The van der Waals surface area contributed by atoms with E-state index in [1.165, 1.54) is 12.1 Å². The Bertz CT molecular complexity index is 1350. The molecule has 3 aromatic rings. The number of rotatable bonds is 12. The van der Waals surface area contributed by atoms with E-state index in [0.717, 1.165) is 21.0 Å². The van der Waals surface area contributed by atoms with Gasteiger partial charge in [-0.1, -0.05) is 48.5 Å². The predicted octanol–water partition coefficient (Wildman–Crippen LogP) is 3.18. The van der Waals surface area contributed by atoms with E-state index in [1.807, 2.05) is 18.2 Å². The summed E-state index contributed by atoms with van der Waals surface area (Å²) < 4.78 is 20.8. The normalized spacial score (nSPS) is 12.6. The molecule has 0 saturated carbocycles. The lowest BCUT2D eigenvalue weighted by atomic mass is 10.0. The smallest absolute Gasteiger partial charge is 0.328 e. The maximum Gasteiger partial charge on any atom is 0.328 e. The van der Waals surface area contributed by atoms with Gasteiger partial charge in [-0.05, 0) is 42.0 Å². The number of hydrogen-bond donors (Lipinski definition) is 2. The molecule has 0 fully saturated rings. The summed E-state index contributed by atoms with van der Waals surface area (Å²) >= 11 is 0. The van der Waals surface area contributed by atoms with Crippen LogP contribution in [-0.4, -0.2) is 55.1 Å². The Morgan fingerprint density at radius 1 is 0.683 bits per heavy atom. The Labute approximate surface area is 236 Å². The van der Waals surface area contributed by atoms with Gasteiger partial charge >= 0.3 is 17.9 Å². The lowest BCUT2D eigenvalue weighted by Crippen LogP contribution is -2.55. The molecule has 2 unspecified atom stereocenters. The number of esters is 3. The zero-order valence-electron chi connectivity index (χ0n) is 22.7. The van der Waals surface area contributed by atoms with E-state index in [9.17, 15) is 24.0 Å². The van der Waals surface area contributed by atoms with Crippen molar-refractivity contribution in [1.82, 2.24) is 5.32 Å². The Morgan fingerprint density at radius 2 is 1.20 bits per heavy atom. The quantitative estimate of drug-likeness (QED) is 0.251. The number of carbonyl (C=O) groups excluding carboxylic acids is 5. The molecule has 0 radical (unpaired) electrons. The molecule has 0 aromatic heterocycles. The van der Waals surface area contributed by atoms with Crippen LogP contribution >= 0.6 is 0 Å². The number of nitrogens with one attached hydrogen (secondary N) is 2. The first-order valence-electron chi connectivity index (χ1n) is 12.6. The van der Waals surface area contributed by atoms with E-state index in [0.29, 0.717) is 17.1 Å². The maximum absolute atomic E-state index is 13.3. The Hall–Kier alpha value is -5.19. The molecular weight excluding hydrogens is 532 g/mol. The van der Waals surface area contributed by atoms with Crippen molar-refractivity contribution in [3.63, 3.8) is 0 Å². The van der Waals surface area contributed by atoms with Gasteiger partial charge in [0.2, 0.25) is 12.2 Å². The highest BCUT2D eigenvalue weighted by molar-refractivity contribution is 6.01. The molecule has 0 aliphatic carbocycles. The van der Waals surface area contributed by atoms with Gasteiger partial charge in [-0.25, -0.2) is 4.79 Å². The summed E-state index contributed by atoms with van der Waals surface area (Å²) in [5.74, 6) is -3.47. The van der Waals surface area contributed by atoms with Gasteiger partial charge in [0, 0.05) is 26.0 Å². The number of methoxy groups -OCH3 is 1. The van der Waals surface area contributed by atoms with Gasteiger partial charge in [-0.2, -0.15) is 0 Å². The average Bonchev–Trinajstić information content (AvgIpc) is 2.96. The van der Waals surface area contributed by atoms with Gasteiger partial charge in [0.25, 0.3) is 11.8 Å². The van der Waals surface area contributed by atoms with Crippen LogP contribution in [0.15, 0.2) is 84.9 Å². The first-order valence-corrected chi connectivity index (χ1v) is 12.6. The first kappa shape index (κ1) is 30.4. The van der Waals surface area contributed by atoms with E-state index in [2.05, 4.69) is 10.6 Å². The van der Waals surface area contributed by atoms with Crippen LogP contribution in [0, 0.1) is 0 Å². The maximum atomic E-state index is 13.3. The van der Waals surface area contributed by atoms with E-state index < -0.39 is 48.0 Å². The molecule has 3 atom stereocenters. The molecule has 0 saturated heterocycles. The average molecular weight is 563 g/mol. The van der Waals surface area contributed by atoms with E-state index in [-0.39, 0.29) is 12.1 Å². The highest BCUT2D eigenvalue weighted by Crippen LogP contribution is 2.23. The second-order valence-corrected chi connectivity index (χ2v) is 8.76. The highest BCUT2D eigenvalue weighted by atomic mass is 16.6. The summed E-state index contributed by atoms with van der Waals surface area (Å²) in [5, 5.41) is 4.99. The molecule has 0 spiro atoms. The van der Waals surface area contributed by atoms with Crippen LogP contribution in [-0.2, 0) is 44.6 Å². The van der Waals surface area contributed by atoms with Gasteiger partial charge in [-0.3, -0.25) is 19.2 Å². The van der Waals surface area contributed by atoms with Crippen molar-refractivity contribution >= 4 is 35.4 Å². The first-order chi connectivity index (χ1) is 19.7. The third-order valence-corrected chi connectivity index (χ3v) is 5.56. The van der Waals surface area contributed by atoms with Crippen LogP contribution in [0.25, 0.3) is 0 Å². The molecule has 11 nitrogen and oxygen atoms in total. The number of anilines is 1. The largest absolute Gasteiger partial charge is 0.467 e. The molecule has 0 heterocycles. The standard InChI is InChI=1S/C30H30N2O9/c1-19(33)39-26(28(35)31-22-14-16-24(17-15-22)41-23-12-8-5-9-13-23)27(40-20(2)34)29(36)32-25(30(37)38-3)18-21-10-6-4-7-11-21/h4-17,25-27H,18H2,1-3H3,(H,31,35)(H,32,36)/t25-,26?,27?/m1/s1. The van der Waals surface area contributed by atoms with Crippen molar-refractivity contribution in [2.75, 3.05) is 12.4 Å². The number of amides is 2. The van der Waals surface area contributed by atoms with E-state index in [4.69, 9.17) is 18.9 Å². The van der Waals surface area contributed by atoms with Crippen LogP contribution in [0.1, 0.15) is 19.4 Å². The number of para-hydroxylation sites is 1. The fraction of sp³-hybridized carbons (Fsp3) is 0.233. The fourth-order valence-electron chi connectivity index (χ4n) is 3.75. The summed E-state index contributed by atoms with van der Waals surface area (Å²) in [6.07, 6.45) is -3.75. The topological polar surface area (TPSA) is 146 Å². The second kappa shape index (κ2) is 14.8. The molecule has 2 N–H and O–H groups in total. The lowest BCUT2D eigenvalue weighted by Gasteiger charge is -2.26. The minimum Gasteiger partial charge on any atom is -0.467 e. The third kappa shape index (κ3) is 9.50. The fourth-order valence-corrected chi connectivity index (χ4v) is 3.75. The van der Waals surface area contributed by atoms with Crippen LogP contribution in [0.4, 0.5) is 5.69 Å². The van der Waals surface area contributed by atoms with Gasteiger partial charge in [0.1, 0.15) is 17.5 Å². The SMILES string of the molecule is COC(=O)[C@@H](Cc1ccccc1)NC(=O)C(OC(C)=O)C(OC(C)=O)C(=O)Nc1ccc(Oc2ccccc2)cc1. The Balaban J connectivity index is 1.79. The number of hydrogen-bond acceptors (Lipinski definition) is 9. The van der Waals surface area contributed by atoms with Crippen molar-refractivity contribution < 1.29 is 42.9 Å². The monoisotopic (exact) mass is 562 g/mol. The molecule has 0 aliphatic heterocycles. The van der Waals surface area contributed by atoms with Crippen LogP contribution in [0.2, 0.25) is 0 Å². The highest BCUT2D eigenvalue weighted by Gasteiger charge is 2.41.